The zero-order valence-electron chi connectivity index (χ0n) is 15.1. The molecule has 5 nitrogen and oxygen atoms in total. The molecule has 1 N–H and O–H groups in total. The van der Waals surface area contributed by atoms with Crippen LogP contribution < -0.4 is 9.60 Å². The van der Waals surface area contributed by atoms with E-state index in [0.29, 0.717) is 11.2 Å². The van der Waals surface area contributed by atoms with Gasteiger partial charge in [-0.05, 0) is 55.0 Å². The number of aromatic nitrogens is 1. The zero-order chi connectivity index (χ0) is 19.0. The summed E-state index contributed by atoms with van der Waals surface area (Å²) in [5.74, 6) is 0. The lowest BCUT2D eigenvalue weighted by Gasteiger charge is -2.26. The van der Waals surface area contributed by atoms with E-state index in [1.807, 2.05) is 25.1 Å². The molecule has 1 aromatic heterocycles. The fourth-order valence-electron chi connectivity index (χ4n) is 3.78. The quantitative estimate of drug-likeness (QED) is 0.705. The summed E-state index contributed by atoms with van der Waals surface area (Å²) >= 11 is 1.10. The van der Waals surface area contributed by atoms with Crippen LogP contribution >= 0.6 is 11.3 Å². The number of nitrogens with zero attached hydrogens (tertiary/aromatic N) is 1. The molecule has 0 bridgehead atoms. The Hall–Kier alpha value is -1.96. The molecule has 1 aliphatic carbocycles. The summed E-state index contributed by atoms with van der Waals surface area (Å²) in [5, 5.41) is 0. The summed E-state index contributed by atoms with van der Waals surface area (Å²) < 4.78 is 31.2. The Balaban J connectivity index is 1.68. The predicted octanol–water partition coefficient (Wildman–Crippen LogP) is 3.83. The largest absolute Gasteiger partial charge is 0.308 e. The van der Waals surface area contributed by atoms with Crippen LogP contribution in [-0.4, -0.2) is 13.0 Å². The van der Waals surface area contributed by atoms with Gasteiger partial charge in [-0.15, -0.1) is 0 Å². The second-order valence-corrected chi connectivity index (χ2v) is 9.62. The van der Waals surface area contributed by atoms with Crippen LogP contribution in [0.5, 0.6) is 0 Å². The monoisotopic (exact) mass is 402 g/mol. The minimum absolute atomic E-state index is 0.0458. The van der Waals surface area contributed by atoms with Crippen LogP contribution in [0.15, 0.2) is 52.2 Å². The van der Waals surface area contributed by atoms with Crippen LogP contribution in [0.1, 0.15) is 43.4 Å². The number of benzene rings is 2. The fourth-order valence-corrected chi connectivity index (χ4v) is 6.09. The second kappa shape index (κ2) is 7.22. The maximum atomic E-state index is 13.0. The molecule has 4 rings (SSSR count). The first-order valence-electron chi connectivity index (χ1n) is 9.23. The molecule has 27 heavy (non-hydrogen) atoms. The first-order valence-corrected chi connectivity index (χ1v) is 11.5. The van der Waals surface area contributed by atoms with Gasteiger partial charge >= 0.3 is 4.87 Å². The highest BCUT2D eigenvalue weighted by Gasteiger charge is 2.26. The van der Waals surface area contributed by atoms with Gasteiger partial charge < -0.3 is 0 Å². The number of sulfonamides is 1. The normalized spacial score (nSPS) is 17.1. The van der Waals surface area contributed by atoms with Gasteiger partial charge in [-0.3, -0.25) is 9.36 Å². The third-order valence-electron chi connectivity index (χ3n) is 5.06. The molecule has 3 aromatic rings. The fraction of sp³-hybridized carbons (Fsp3) is 0.350. The van der Waals surface area contributed by atoms with Gasteiger partial charge in [0.1, 0.15) is 0 Å². The maximum Gasteiger partial charge on any atom is 0.308 e. The first kappa shape index (κ1) is 18.4. The zero-order valence-corrected chi connectivity index (χ0v) is 16.8. The Morgan fingerprint density at radius 2 is 2.04 bits per heavy atom. The molecule has 0 saturated heterocycles. The van der Waals surface area contributed by atoms with E-state index in [1.165, 1.54) is 5.56 Å². The number of aryl methyl sites for hydroxylation is 2. The second-order valence-electron chi connectivity index (χ2n) is 6.91. The summed E-state index contributed by atoms with van der Waals surface area (Å²) in [4.78, 5) is 12.3. The third kappa shape index (κ3) is 3.47. The van der Waals surface area contributed by atoms with Gasteiger partial charge in [0.25, 0.3) is 0 Å². The van der Waals surface area contributed by atoms with Crippen LogP contribution in [0.3, 0.4) is 0 Å². The van der Waals surface area contributed by atoms with Crippen molar-refractivity contribution in [2.45, 2.75) is 50.1 Å². The van der Waals surface area contributed by atoms with Gasteiger partial charge in [-0.2, -0.15) is 0 Å². The summed E-state index contributed by atoms with van der Waals surface area (Å²) in [6.45, 7) is 2.66. The van der Waals surface area contributed by atoms with E-state index >= 15 is 0 Å². The van der Waals surface area contributed by atoms with Gasteiger partial charge in [0, 0.05) is 12.6 Å². The molecule has 142 valence electrons. The van der Waals surface area contributed by atoms with E-state index in [4.69, 9.17) is 0 Å². The highest BCUT2D eigenvalue weighted by atomic mass is 32.2. The van der Waals surface area contributed by atoms with Gasteiger partial charge in [0.15, 0.2) is 0 Å². The predicted molar refractivity (Wildman–Crippen MR) is 109 cm³/mol. The standard InChI is InChI=1S/C20H22N2O3S2/c1-2-12-22-18-11-10-15(13-19(18)26-20(22)23)27(24,25)21-17-9-5-7-14-6-3-4-8-16(14)17/h3-4,6,8,10-11,13,17,21H,2,5,7,9,12H2,1H3/t17-/m0/s1. The highest BCUT2D eigenvalue weighted by Crippen LogP contribution is 2.31. The smallest absolute Gasteiger partial charge is 0.299 e. The van der Waals surface area contributed by atoms with Crippen LogP contribution in [0.25, 0.3) is 10.2 Å². The number of nitrogens with one attached hydrogen (secondary N) is 1. The number of thiazole rings is 1. The molecule has 1 heterocycles. The minimum atomic E-state index is -3.66. The average Bonchev–Trinajstić information content (AvgIpc) is 2.97. The molecular formula is C20H22N2O3S2. The van der Waals surface area contributed by atoms with Gasteiger partial charge in [-0.25, -0.2) is 13.1 Å². The van der Waals surface area contributed by atoms with Crippen LogP contribution in [0, 0.1) is 0 Å². The molecule has 7 heteroatoms. The van der Waals surface area contributed by atoms with Crippen molar-refractivity contribution in [3.63, 3.8) is 0 Å². The molecule has 0 saturated carbocycles. The Morgan fingerprint density at radius 3 is 2.85 bits per heavy atom. The lowest BCUT2D eigenvalue weighted by Crippen LogP contribution is -2.31. The van der Waals surface area contributed by atoms with Crippen LogP contribution in [0.2, 0.25) is 0 Å². The van der Waals surface area contributed by atoms with Crippen molar-refractivity contribution in [1.82, 2.24) is 9.29 Å². The van der Waals surface area contributed by atoms with Crippen LogP contribution in [0.4, 0.5) is 0 Å². The van der Waals surface area contributed by atoms with Gasteiger partial charge in [0.05, 0.1) is 15.1 Å². The molecule has 1 aliphatic rings. The molecule has 0 radical (unpaired) electrons. The van der Waals surface area contributed by atoms with Crippen molar-refractivity contribution in [2.75, 3.05) is 0 Å². The van der Waals surface area contributed by atoms with Crippen molar-refractivity contribution in [1.29, 1.82) is 0 Å². The molecular weight excluding hydrogens is 380 g/mol. The molecule has 1 atom stereocenters. The van der Waals surface area contributed by atoms with E-state index in [2.05, 4.69) is 10.8 Å². The van der Waals surface area contributed by atoms with Crippen molar-refractivity contribution in [2.24, 2.45) is 0 Å². The molecule has 0 fully saturated rings. The lowest BCUT2D eigenvalue weighted by molar-refractivity contribution is 0.507. The Kier molecular flexibility index (Phi) is 4.92. The lowest BCUT2D eigenvalue weighted by atomic mass is 9.88. The number of hydrogen-bond donors (Lipinski definition) is 1. The Bertz CT molecular complexity index is 1150. The van der Waals surface area contributed by atoms with E-state index in [1.54, 1.807) is 22.8 Å². The maximum absolute atomic E-state index is 13.0. The number of rotatable bonds is 5. The van der Waals surface area contributed by atoms with E-state index in [9.17, 15) is 13.2 Å². The van der Waals surface area contributed by atoms with Crippen LogP contribution in [-0.2, 0) is 23.0 Å². The van der Waals surface area contributed by atoms with Gasteiger partial charge in [-0.1, -0.05) is 42.5 Å². The van der Waals surface area contributed by atoms with Crippen molar-refractivity contribution in [3.05, 3.63) is 63.3 Å². The first-order chi connectivity index (χ1) is 13.0. The molecule has 0 aliphatic heterocycles. The molecule has 2 aromatic carbocycles. The summed E-state index contributed by atoms with van der Waals surface area (Å²) in [5.41, 5.74) is 3.07. The SMILES string of the molecule is CCCn1c(=O)sc2cc(S(=O)(=O)N[C@H]3CCCc4ccccc43)ccc21. The number of hydrogen-bond acceptors (Lipinski definition) is 4. The molecule has 0 amide bonds. The number of fused-ring (bicyclic) bond motifs is 2. The van der Waals surface area contributed by atoms with E-state index < -0.39 is 10.0 Å². The Labute approximate surface area is 162 Å². The summed E-state index contributed by atoms with van der Waals surface area (Å²) in [7, 11) is -3.66. The topological polar surface area (TPSA) is 68.2 Å². The van der Waals surface area contributed by atoms with Crippen molar-refractivity contribution < 1.29 is 8.42 Å². The van der Waals surface area contributed by atoms with E-state index in [0.717, 1.165) is 48.1 Å². The molecule has 0 unspecified atom stereocenters. The minimum Gasteiger partial charge on any atom is -0.299 e. The summed E-state index contributed by atoms with van der Waals surface area (Å²) in [6.07, 6.45) is 3.59. The Morgan fingerprint density at radius 1 is 1.22 bits per heavy atom. The third-order valence-corrected chi connectivity index (χ3v) is 7.48. The van der Waals surface area contributed by atoms with Gasteiger partial charge in [0.2, 0.25) is 10.0 Å². The highest BCUT2D eigenvalue weighted by molar-refractivity contribution is 7.89. The van der Waals surface area contributed by atoms with Crippen molar-refractivity contribution >= 4 is 31.6 Å². The van der Waals surface area contributed by atoms with Crippen molar-refractivity contribution in [3.8, 4) is 0 Å². The summed E-state index contributed by atoms with van der Waals surface area (Å²) in [6, 6.07) is 12.8. The molecule has 0 spiro atoms. The average molecular weight is 403 g/mol. The van der Waals surface area contributed by atoms with E-state index in [-0.39, 0.29) is 15.8 Å².